The third-order valence-electron chi connectivity index (χ3n) is 3.47. The summed E-state index contributed by atoms with van der Waals surface area (Å²) in [6.07, 6.45) is 4.13. The number of aliphatic hydroxyl groups is 1. The van der Waals surface area contributed by atoms with Gasteiger partial charge in [0.05, 0.1) is 12.0 Å². The third-order valence-corrected chi connectivity index (χ3v) is 3.47. The van der Waals surface area contributed by atoms with E-state index in [1.54, 1.807) is 29.4 Å². The van der Waals surface area contributed by atoms with Crippen molar-refractivity contribution in [2.75, 3.05) is 6.54 Å². The van der Waals surface area contributed by atoms with Crippen LogP contribution in [-0.4, -0.2) is 26.4 Å². The molecule has 0 spiro atoms. The summed E-state index contributed by atoms with van der Waals surface area (Å²) in [6, 6.07) is 9.69. The Morgan fingerprint density at radius 3 is 2.95 bits per heavy atom. The standard InChI is InChI=1S/C16H18N4O2/c1-12-7-13(4-5-14(12)20-11-18-10-19-20)8-17-9-15(21)16-3-2-6-22-16/h2-7,10-11,15,17,21H,8-9H2,1H3. The number of aliphatic hydroxyl groups excluding tert-OH is 1. The second kappa shape index (κ2) is 6.55. The Morgan fingerprint density at radius 1 is 1.36 bits per heavy atom. The Labute approximate surface area is 128 Å². The lowest BCUT2D eigenvalue weighted by Crippen LogP contribution is -2.20. The molecule has 0 aliphatic rings. The van der Waals surface area contributed by atoms with Gasteiger partial charge in [-0.3, -0.25) is 0 Å². The van der Waals surface area contributed by atoms with Gasteiger partial charge in [0.2, 0.25) is 0 Å². The van der Waals surface area contributed by atoms with Crippen LogP contribution < -0.4 is 5.32 Å². The van der Waals surface area contributed by atoms with Crippen molar-refractivity contribution in [2.45, 2.75) is 19.6 Å². The first kappa shape index (κ1) is 14.5. The third kappa shape index (κ3) is 3.24. The van der Waals surface area contributed by atoms with Crippen molar-refractivity contribution in [1.29, 1.82) is 0 Å². The molecule has 1 atom stereocenters. The topological polar surface area (TPSA) is 76.1 Å². The lowest BCUT2D eigenvalue weighted by Gasteiger charge is -2.11. The number of aryl methyl sites for hydroxylation is 1. The first-order valence-electron chi connectivity index (χ1n) is 7.11. The minimum absolute atomic E-state index is 0.442. The number of hydrogen-bond acceptors (Lipinski definition) is 5. The molecule has 0 fully saturated rings. The molecule has 0 aliphatic carbocycles. The monoisotopic (exact) mass is 298 g/mol. The van der Waals surface area contributed by atoms with Crippen LogP contribution in [0.3, 0.4) is 0 Å². The molecule has 0 saturated carbocycles. The average Bonchev–Trinajstić information content (AvgIpc) is 3.21. The Balaban J connectivity index is 1.58. The average molecular weight is 298 g/mol. The lowest BCUT2D eigenvalue weighted by molar-refractivity contribution is 0.147. The summed E-state index contributed by atoms with van der Waals surface area (Å²) < 4.78 is 6.91. The van der Waals surface area contributed by atoms with E-state index in [0.717, 1.165) is 16.8 Å². The highest BCUT2D eigenvalue weighted by atomic mass is 16.4. The summed E-state index contributed by atoms with van der Waals surface area (Å²) in [5.74, 6) is 0.574. The maximum atomic E-state index is 9.94. The van der Waals surface area contributed by atoms with Crippen LogP contribution in [0.1, 0.15) is 23.0 Å². The van der Waals surface area contributed by atoms with Gasteiger partial charge >= 0.3 is 0 Å². The zero-order chi connectivity index (χ0) is 15.4. The molecule has 3 rings (SSSR count). The highest BCUT2D eigenvalue weighted by Crippen LogP contribution is 2.15. The molecular formula is C16H18N4O2. The summed E-state index contributed by atoms with van der Waals surface area (Å²) in [6.45, 7) is 3.16. The minimum Gasteiger partial charge on any atom is -0.467 e. The number of benzene rings is 1. The van der Waals surface area contributed by atoms with Gasteiger partial charge in [0.25, 0.3) is 0 Å². The molecule has 0 saturated heterocycles. The second-order valence-electron chi connectivity index (χ2n) is 5.12. The van der Waals surface area contributed by atoms with Gasteiger partial charge in [-0.2, -0.15) is 5.10 Å². The van der Waals surface area contributed by atoms with Crippen molar-refractivity contribution >= 4 is 0 Å². The molecule has 1 aromatic carbocycles. The maximum Gasteiger partial charge on any atom is 0.138 e. The van der Waals surface area contributed by atoms with E-state index in [0.29, 0.717) is 18.8 Å². The molecule has 0 radical (unpaired) electrons. The van der Waals surface area contributed by atoms with E-state index < -0.39 is 6.10 Å². The molecule has 2 heterocycles. The SMILES string of the molecule is Cc1cc(CNCC(O)c2ccco2)ccc1-n1cncn1. The van der Waals surface area contributed by atoms with Crippen molar-refractivity contribution in [3.63, 3.8) is 0 Å². The van der Waals surface area contributed by atoms with Gasteiger partial charge in [-0.15, -0.1) is 0 Å². The van der Waals surface area contributed by atoms with Gasteiger partial charge in [-0.1, -0.05) is 12.1 Å². The Morgan fingerprint density at radius 2 is 2.27 bits per heavy atom. The van der Waals surface area contributed by atoms with Crippen LogP contribution in [0, 0.1) is 6.92 Å². The molecule has 114 valence electrons. The van der Waals surface area contributed by atoms with E-state index >= 15 is 0 Å². The van der Waals surface area contributed by atoms with E-state index in [1.165, 1.54) is 6.33 Å². The van der Waals surface area contributed by atoms with Gasteiger partial charge < -0.3 is 14.8 Å². The predicted molar refractivity (Wildman–Crippen MR) is 81.5 cm³/mol. The summed E-state index contributed by atoms with van der Waals surface area (Å²) in [4.78, 5) is 3.96. The van der Waals surface area contributed by atoms with Gasteiger partial charge in [0.1, 0.15) is 24.5 Å². The van der Waals surface area contributed by atoms with Crippen LogP contribution in [0.5, 0.6) is 0 Å². The van der Waals surface area contributed by atoms with Crippen LogP contribution in [0.2, 0.25) is 0 Å². The number of nitrogens with zero attached hydrogens (tertiary/aromatic N) is 3. The lowest BCUT2D eigenvalue weighted by atomic mass is 10.1. The molecule has 22 heavy (non-hydrogen) atoms. The van der Waals surface area contributed by atoms with E-state index in [4.69, 9.17) is 4.42 Å². The molecule has 6 nitrogen and oxygen atoms in total. The summed E-state index contributed by atoms with van der Waals surface area (Å²) >= 11 is 0. The fourth-order valence-electron chi connectivity index (χ4n) is 2.35. The van der Waals surface area contributed by atoms with Crippen molar-refractivity contribution in [1.82, 2.24) is 20.1 Å². The van der Waals surface area contributed by atoms with Crippen molar-refractivity contribution < 1.29 is 9.52 Å². The summed E-state index contributed by atoms with van der Waals surface area (Å²) in [5.41, 5.74) is 3.28. The largest absolute Gasteiger partial charge is 0.467 e. The molecular weight excluding hydrogens is 280 g/mol. The number of nitrogens with one attached hydrogen (secondary N) is 1. The van der Waals surface area contributed by atoms with Crippen LogP contribution in [0.15, 0.2) is 53.7 Å². The fourth-order valence-corrected chi connectivity index (χ4v) is 2.35. The Hall–Kier alpha value is -2.44. The molecule has 2 aromatic heterocycles. The van der Waals surface area contributed by atoms with Crippen LogP contribution in [0.25, 0.3) is 5.69 Å². The highest BCUT2D eigenvalue weighted by molar-refractivity contribution is 5.41. The molecule has 3 aromatic rings. The number of hydrogen-bond donors (Lipinski definition) is 2. The molecule has 1 unspecified atom stereocenters. The number of furan rings is 1. The van der Waals surface area contributed by atoms with Gasteiger partial charge in [-0.25, -0.2) is 9.67 Å². The maximum absolute atomic E-state index is 9.94. The molecule has 0 aliphatic heterocycles. The molecule has 0 amide bonds. The van der Waals surface area contributed by atoms with E-state index in [2.05, 4.69) is 21.5 Å². The smallest absolute Gasteiger partial charge is 0.138 e. The second-order valence-corrected chi connectivity index (χ2v) is 5.12. The van der Waals surface area contributed by atoms with Gasteiger partial charge in [0, 0.05) is 13.1 Å². The first-order valence-corrected chi connectivity index (χ1v) is 7.11. The van der Waals surface area contributed by atoms with E-state index in [9.17, 15) is 5.11 Å². The number of aromatic nitrogens is 3. The van der Waals surface area contributed by atoms with Gasteiger partial charge in [-0.05, 0) is 36.2 Å². The van der Waals surface area contributed by atoms with Crippen LogP contribution in [-0.2, 0) is 6.54 Å². The Kier molecular flexibility index (Phi) is 4.32. The molecule has 2 N–H and O–H groups in total. The summed E-state index contributed by atoms with van der Waals surface area (Å²) in [7, 11) is 0. The van der Waals surface area contributed by atoms with E-state index in [1.807, 2.05) is 19.1 Å². The zero-order valence-electron chi connectivity index (χ0n) is 12.3. The van der Waals surface area contributed by atoms with Crippen LogP contribution >= 0.6 is 0 Å². The predicted octanol–water partition coefficient (Wildman–Crippen LogP) is 1.99. The minimum atomic E-state index is -0.634. The summed E-state index contributed by atoms with van der Waals surface area (Å²) in [5, 5.41) is 17.3. The fraction of sp³-hybridized carbons (Fsp3) is 0.250. The Bertz CT molecular complexity index is 708. The molecule has 6 heteroatoms. The van der Waals surface area contributed by atoms with Crippen molar-refractivity contribution in [3.05, 3.63) is 66.1 Å². The van der Waals surface area contributed by atoms with Crippen molar-refractivity contribution in [2.24, 2.45) is 0 Å². The highest BCUT2D eigenvalue weighted by Gasteiger charge is 2.09. The normalized spacial score (nSPS) is 12.5. The first-order chi connectivity index (χ1) is 10.7. The quantitative estimate of drug-likeness (QED) is 0.728. The van der Waals surface area contributed by atoms with Crippen molar-refractivity contribution in [3.8, 4) is 5.69 Å². The zero-order valence-corrected chi connectivity index (χ0v) is 12.3. The molecule has 0 bridgehead atoms. The van der Waals surface area contributed by atoms with Crippen LogP contribution in [0.4, 0.5) is 0 Å². The number of rotatable bonds is 6. The van der Waals surface area contributed by atoms with Gasteiger partial charge in [0.15, 0.2) is 0 Å². The van der Waals surface area contributed by atoms with E-state index in [-0.39, 0.29) is 0 Å².